The Labute approximate surface area is 154 Å². The van der Waals surface area contributed by atoms with Gasteiger partial charge in [0.2, 0.25) is 0 Å². The summed E-state index contributed by atoms with van der Waals surface area (Å²) < 4.78 is 35.0. The molecule has 6 heteroatoms. The highest BCUT2D eigenvalue weighted by atomic mass is 32.1. The fourth-order valence-corrected chi connectivity index (χ4v) is 4.03. The van der Waals surface area contributed by atoms with Crippen LogP contribution >= 0.6 is 11.3 Å². The summed E-state index contributed by atoms with van der Waals surface area (Å²) in [5, 5.41) is 2.02. The minimum atomic E-state index is -0.664. The quantitative estimate of drug-likeness (QED) is 0.639. The summed E-state index contributed by atoms with van der Waals surface area (Å²) in [6.07, 6.45) is 2.18. The van der Waals surface area contributed by atoms with Crippen molar-refractivity contribution in [2.75, 3.05) is 6.61 Å². The van der Waals surface area contributed by atoms with Crippen LogP contribution in [0.5, 0.6) is 0 Å². The van der Waals surface area contributed by atoms with Crippen molar-refractivity contribution in [2.24, 2.45) is 4.99 Å². The molecule has 1 unspecified atom stereocenters. The van der Waals surface area contributed by atoms with Crippen molar-refractivity contribution in [3.05, 3.63) is 70.3 Å². The molecular weight excluding hydrogens is 354 g/mol. The molecule has 26 heavy (non-hydrogen) atoms. The van der Waals surface area contributed by atoms with Crippen molar-refractivity contribution in [1.29, 1.82) is 0 Å². The first kappa shape index (κ1) is 17.1. The van der Waals surface area contributed by atoms with Gasteiger partial charge in [-0.1, -0.05) is 30.3 Å². The smallest absolute Gasteiger partial charge is 0.190 e. The van der Waals surface area contributed by atoms with E-state index in [9.17, 15) is 8.78 Å². The lowest BCUT2D eigenvalue weighted by atomic mass is 10.1. The van der Waals surface area contributed by atoms with Gasteiger partial charge in [0.15, 0.2) is 10.6 Å². The first-order chi connectivity index (χ1) is 12.7. The van der Waals surface area contributed by atoms with Gasteiger partial charge in [0.05, 0.1) is 18.3 Å². The third-order valence-corrected chi connectivity index (χ3v) is 5.27. The van der Waals surface area contributed by atoms with Gasteiger partial charge in [0, 0.05) is 18.1 Å². The largest absolute Gasteiger partial charge is 0.376 e. The van der Waals surface area contributed by atoms with Gasteiger partial charge in [-0.3, -0.25) is 0 Å². The van der Waals surface area contributed by atoms with Crippen molar-refractivity contribution in [2.45, 2.75) is 25.5 Å². The van der Waals surface area contributed by atoms with E-state index in [0.29, 0.717) is 11.3 Å². The van der Waals surface area contributed by atoms with Crippen LogP contribution in [0.4, 0.5) is 14.5 Å². The lowest BCUT2D eigenvalue weighted by molar-refractivity contribution is 0.0968. The van der Waals surface area contributed by atoms with Gasteiger partial charge >= 0.3 is 0 Å². The van der Waals surface area contributed by atoms with Crippen LogP contribution < -0.4 is 4.80 Å². The summed E-state index contributed by atoms with van der Waals surface area (Å²) in [6, 6.07) is 13.5. The van der Waals surface area contributed by atoms with Crippen LogP contribution in [0.2, 0.25) is 0 Å². The van der Waals surface area contributed by atoms with E-state index < -0.39 is 11.6 Å². The van der Waals surface area contributed by atoms with Crippen molar-refractivity contribution in [3.63, 3.8) is 0 Å². The molecule has 0 bridgehead atoms. The van der Waals surface area contributed by atoms with Gasteiger partial charge in [-0.05, 0) is 30.5 Å². The fourth-order valence-electron chi connectivity index (χ4n) is 3.10. The van der Waals surface area contributed by atoms with E-state index in [1.807, 2.05) is 35.7 Å². The van der Waals surface area contributed by atoms with Gasteiger partial charge in [0.25, 0.3) is 0 Å². The number of benzene rings is 2. The highest BCUT2D eigenvalue weighted by Gasteiger charge is 2.19. The van der Waals surface area contributed by atoms with Crippen LogP contribution in [0.1, 0.15) is 12.8 Å². The van der Waals surface area contributed by atoms with Gasteiger partial charge < -0.3 is 9.30 Å². The van der Waals surface area contributed by atoms with E-state index in [0.717, 1.165) is 36.8 Å². The molecule has 1 aromatic heterocycles. The van der Waals surface area contributed by atoms with E-state index in [-0.39, 0.29) is 11.8 Å². The Bertz CT molecular complexity index is 959. The highest BCUT2D eigenvalue weighted by Crippen LogP contribution is 2.24. The second kappa shape index (κ2) is 7.51. The van der Waals surface area contributed by atoms with E-state index in [1.54, 1.807) is 0 Å². The summed E-state index contributed by atoms with van der Waals surface area (Å²) in [5.74, 6) is -1.27. The molecule has 0 aliphatic carbocycles. The number of nitrogens with zero attached hydrogens (tertiary/aromatic N) is 2. The lowest BCUT2D eigenvalue weighted by Gasteiger charge is -2.14. The molecule has 0 saturated carbocycles. The molecule has 1 atom stereocenters. The minimum absolute atomic E-state index is 0.129. The average molecular weight is 372 g/mol. The van der Waals surface area contributed by atoms with E-state index in [1.165, 1.54) is 23.5 Å². The van der Waals surface area contributed by atoms with E-state index >= 15 is 0 Å². The third kappa shape index (κ3) is 3.61. The predicted molar refractivity (Wildman–Crippen MR) is 98.3 cm³/mol. The number of thiazole rings is 1. The van der Waals surface area contributed by atoms with Gasteiger partial charge in [-0.25, -0.2) is 13.8 Å². The molecule has 3 nitrogen and oxygen atoms in total. The fraction of sp³-hybridized carbons (Fsp3) is 0.250. The SMILES string of the molecule is Fc1ccc(N=c2scc(-c3ccccc3)n2CC2CCCO2)c(F)c1. The molecular formula is C20H18F2N2OS. The maximum Gasteiger partial charge on any atom is 0.190 e. The number of hydrogen-bond acceptors (Lipinski definition) is 3. The highest BCUT2D eigenvalue weighted by molar-refractivity contribution is 7.07. The van der Waals surface area contributed by atoms with Crippen molar-refractivity contribution >= 4 is 17.0 Å². The predicted octanol–water partition coefficient (Wildman–Crippen LogP) is 4.91. The van der Waals surface area contributed by atoms with Crippen molar-refractivity contribution < 1.29 is 13.5 Å². The molecule has 1 aliphatic rings. The Morgan fingerprint density at radius 3 is 2.73 bits per heavy atom. The zero-order chi connectivity index (χ0) is 17.9. The van der Waals surface area contributed by atoms with Crippen LogP contribution in [0.25, 0.3) is 11.3 Å². The minimum Gasteiger partial charge on any atom is -0.376 e. The summed E-state index contributed by atoms with van der Waals surface area (Å²) in [6.45, 7) is 1.43. The molecule has 2 aromatic carbocycles. The Morgan fingerprint density at radius 1 is 1.15 bits per heavy atom. The number of hydrogen-bond donors (Lipinski definition) is 0. The first-order valence-electron chi connectivity index (χ1n) is 8.56. The second-order valence-electron chi connectivity index (χ2n) is 6.22. The number of aromatic nitrogens is 1. The second-order valence-corrected chi connectivity index (χ2v) is 7.06. The van der Waals surface area contributed by atoms with Crippen molar-refractivity contribution in [1.82, 2.24) is 4.57 Å². The number of ether oxygens (including phenoxy) is 1. The Kier molecular flexibility index (Phi) is 4.95. The van der Waals surface area contributed by atoms with Gasteiger partial charge in [-0.15, -0.1) is 11.3 Å². The monoisotopic (exact) mass is 372 g/mol. The topological polar surface area (TPSA) is 26.5 Å². The lowest BCUT2D eigenvalue weighted by Crippen LogP contribution is -2.24. The van der Waals surface area contributed by atoms with E-state index in [2.05, 4.69) is 9.56 Å². The standard InChI is InChI=1S/C20H18F2N2OS/c21-15-8-9-18(17(22)11-15)23-20-24(12-16-7-4-10-25-16)19(13-26-20)14-5-2-1-3-6-14/h1-3,5-6,8-9,11,13,16H,4,7,10,12H2. The zero-order valence-corrected chi connectivity index (χ0v) is 14.9. The molecule has 1 aliphatic heterocycles. The third-order valence-electron chi connectivity index (χ3n) is 4.40. The maximum absolute atomic E-state index is 14.0. The van der Waals surface area contributed by atoms with Crippen LogP contribution in [0, 0.1) is 11.6 Å². The normalized spacial score (nSPS) is 17.8. The number of halogens is 2. The van der Waals surface area contributed by atoms with Crippen LogP contribution in [-0.4, -0.2) is 17.3 Å². The van der Waals surface area contributed by atoms with Crippen LogP contribution in [-0.2, 0) is 11.3 Å². The molecule has 1 fully saturated rings. The molecule has 2 heterocycles. The Morgan fingerprint density at radius 2 is 2.00 bits per heavy atom. The molecule has 0 N–H and O–H groups in total. The van der Waals surface area contributed by atoms with Crippen LogP contribution in [0.15, 0.2) is 58.9 Å². The molecule has 4 rings (SSSR count). The summed E-state index contributed by atoms with van der Waals surface area (Å²) in [4.78, 5) is 5.13. The molecule has 0 amide bonds. The van der Waals surface area contributed by atoms with E-state index in [4.69, 9.17) is 4.74 Å². The summed E-state index contributed by atoms with van der Waals surface area (Å²) >= 11 is 1.44. The summed E-state index contributed by atoms with van der Waals surface area (Å²) in [5.41, 5.74) is 2.23. The van der Waals surface area contributed by atoms with Gasteiger partial charge in [0.1, 0.15) is 11.5 Å². The maximum atomic E-state index is 14.0. The molecule has 0 spiro atoms. The first-order valence-corrected chi connectivity index (χ1v) is 9.44. The van der Waals surface area contributed by atoms with Gasteiger partial charge in [-0.2, -0.15) is 0 Å². The Balaban J connectivity index is 1.81. The van der Waals surface area contributed by atoms with Crippen molar-refractivity contribution in [3.8, 4) is 11.3 Å². The average Bonchev–Trinajstić information content (AvgIpc) is 3.29. The number of rotatable bonds is 4. The van der Waals surface area contributed by atoms with Crippen LogP contribution in [0.3, 0.4) is 0 Å². The Hall–Kier alpha value is -2.31. The zero-order valence-electron chi connectivity index (χ0n) is 14.1. The molecule has 1 saturated heterocycles. The molecule has 0 radical (unpaired) electrons. The molecule has 3 aromatic rings. The summed E-state index contributed by atoms with van der Waals surface area (Å²) in [7, 11) is 0. The molecule has 134 valence electrons.